The summed E-state index contributed by atoms with van der Waals surface area (Å²) in [7, 11) is 1.65. The van der Waals surface area contributed by atoms with Crippen LogP contribution in [0.1, 0.15) is 5.56 Å². The van der Waals surface area contributed by atoms with Gasteiger partial charge in [-0.15, -0.1) is 0 Å². The molecule has 0 aliphatic rings. The summed E-state index contributed by atoms with van der Waals surface area (Å²) in [6.07, 6.45) is 1.40. The second-order valence-corrected chi connectivity index (χ2v) is 4.86. The van der Waals surface area contributed by atoms with Crippen molar-refractivity contribution in [3.05, 3.63) is 35.9 Å². The quantitative estimate of drug-likeness (QED) is 0.759. The highest BCUT2D eigenvalue weighted by molar-refractivity contribution is 7.99. The van der Waals surface area contributed by atoms with Crippen molar-refractivity contribution in [3.63, 3.8) is 0 Å². The number of aromatic nitrogens is 3. The predicted molar refractivity (Wildman–Crippen MR) is 70.5 cm³/mol. The summed E-state index contributed by atoms with van der Waals surface area (Å²) in [5.74, 6) is -0.257. The minimum absolute atomic E-state index is 0.257. The molecule has 2 N–H and O–H groups in total. The standard InChI is InChI=1S/C12H15FN4OS/c1-18-5-4-14-7-9-2-3-11(10(13)6-9)19-12-15-8-16-17-12/h2-3,6,8,14H,4-5,7H2,1H3,(H,15,16,17). The molecule has 0 amide bonds. The second kappa shape index (κ2) is 7.22. The highest BCUT2D eigenvalue weighted by atomic mass is 32.2. The van der Waals surface area contributed by atoms with Crippen LogP contribution in [0.3, 0.4) is 0 Å². The summed E-state index contributed by atoms with van der Waals surface area (Å²) >= 11 is 1.22. The number of ether oxygens (including phenoxy) is 1. The van der Waals surface area contributed by atoms with Gasteiger partial charge in [-0.3, -0.25) is 5.10 Å². The maximum atomic E-state index is 13.9. The first-order valence-electron chi connectivity index (χ1n) is 5.81. The molecule has 0 bridgehead atoms. The van der Waals surface area contributed by atoms with Crippen molar-refractivity contribution in [3.8, 4) is 0 Å². The van der Waals surface area contributed by atoms with E-state index in [2.05, 4.69) is 20.5 Å². The van der Waals surface area contributed by atoms with Crippen LogP contribution < -0.4 is 5.32 Å². The van der Waals surface area contributed by atoms with Gasteiger partial charge in [-0.25, -0.2) is 9.37 Å². The normalized spacial score (nSPS) is 10.8. The zero-order chi connectivity index (χ0) is 13.5. The average molecular weight is 282 g/mol. The average Bonchev–Trinajstić information content (AvgIpc) is 2.91. The molecule has 1 aromatic carbocycles. The van der Waals surface area contributed by atoms with Crippen molar-refractivity contribution in [2.75, 3.05) is 20.3 Å². The molecule has 1 heterocycles. The zero-order valence-electron chi connectivity index (χ0n) is 10.5. The molecule has 0 saturated carbocycles. The second-order valence-electron chi connectivity index (χ2n) is 3.83. The van der Waals surface area contributed by atoms with Crippen molar-refractivity contribution < 1.29 is 9.13 Å². The van der Waals surface area contributed by atoms with Gasteiger partial charge in [-0.05, 0) is 29.5 Å². The van der Waals surface area contributed by atoms with Crippen molar-refractivity contribution in [2.24, 2.45) is 0 Å². The van der Waals surface area contributed by atoms with Gasteiger partial charge in [0.15, 0.2) is 5.16 Å². The topological polar surface area (TPSA) is 62.8 Å². The Labute approximate surface area is 115 Å². The molecule has 19 heavy (non-hydrogen) atoms. The van der Waals surface area contributed by atoms with Crippen molar-refractivity contribution >= 4 is 11.8 Å². The van der Waals surface area contributed by atoms with Gasteiger partial charge < -0.3 is 10.1 Å². The van der Waals surface area contributed by atoms with E-state index in [-0.39, 0.29) is 5.82 Å². The highest BCUT2D eigenvalue weighted by Gasteiger charge is 2.07. The van der Waals surface area contributed by atoms with Crippen LogP contribution in [0.2, 0.25) is 0 Å². The van der Waals surface area contributed by atoms with E-state index in [1.807, 2.05) is 6.07 Å². The minimum Gasteiger partial charge on any atom is -0.383 e. The molecule has 2 aromatic rings. The Balaban J connectivity index is 1.93. The Kier molecular flexibility index (Phi) is 5.31. The molecule has 102 valence electrons. The monoisotopic (exact) mass is 282 g/mol. The Morgan fingerprint density at radius 3 is 3.05 bits per heavy atom. The molecule has 7 heteroatoms. The highest BCUT2D eigenvalue weighted by Crippen LogP contribution is 2.27. The van der Waals surface area contributed by atoms with E-state index in [4.69, 9.17) is 4.74 Å². The van der Waals surface area contributed by atoms with Crippen molar-refractivity contribution in [2.45, 2.75) is 16.6 Å². The van der Waals surface area contributed by atoms with Crippen LogP contribution >= 0.6 is 11.8 Å². The molecular weight excluding hydrogens is 267 g/mol. The molecule has 5 nitrogen and oxygen atoms in total. The van der Waals surface area contributed by atoms with Gasteiger partial charge >= 0.3 is 0 Å². The van der Waals surface area contributed by atoms with Crippen LogP contribution in [0.25, 0.3) is 0 Å². The number of aromatic amines is 1. The maximum Gasteiger partial charge on any atom is 0.188 e. The molecule has 0 atom stereocenters. The van der Waals surface area contributed by atoms with E-state index < -0.39 is 0 Å². The van der Waals surface area contributed by atoms with E-state index in [9.17, 15) is 4.39 Å². The predicted octanol–water partition coefficient (Wildman–Crippen LogP) is 1.83. The van der Waals surface area contributed by atoms with E-state index in [1.165, 1.54) is 24.2 Å². The van der Waals surface area contributed by atoms with Gasteiger partial charge in [0.1, 0.15) is 12.1 Å². The number of nitrogens with zero attached hydrogens (tertiary/aromatic N) is 2. The molecule has 0 radical (unpaired) electrons. The maximum absolute atomic E-state index is 13.9. The minimum atomic E-state index is -0.257. The molecule has 0 spiro atoms. The molecule has 2 rings (SSSR count). The van der Waals surface area contributed by atoms with Crippen LogP contribution in [0, 0.1) is 5.82 Å². The van der Waals surface area contributed by atoms with E-state index in [0.29, 0.717) is 23.2 Å². The Bertz CT molecular complexity index is 506. The van der Waals surface area contributed by atoms with Crippen LogP contribution in [0.5, 0.6) is 0 Å². The Morgan fingerprint density at radius 2 is 2.37 bits per heavy atom. The lowest BCUT2D eigenvalue weighted by Crippen LogP contribution is -2.18. The van der Waals surface area contributed by atoms with Crippen molar-refractivity contribution in [1.82, 2.24) is 20.5 Å². The fourth-order valence-corrected chi connectivity index (χ4v) is 2.19. The smallest absolute Gasteiger partial charge is 0.188 e. The summed E-state index contributed by atoms with van der Waals surface area (Å²) in [5, 5.41) is 10.1. The van der Waals surface area contributed by atoms with Gasteiger partial charge in [-0.1, -0.05) is 6.07 Å². The first-order chi connectivity index (χ1) is 9.29. The van der Waals surface area contributed by atoms with E-state index in [0.717, 1.165) is 12.1 Å². The third-order valence-electron chi connectivity index (χ3n) is 2.41. The fraction of sp³-hybridized carbons (Fsp3) is 0.333. The molecular formula is C12H15FN4OS. The van der Waals surface area contributed by atoms with E-state index >= 15 is 0 Å². The number of nitrogens with one attached hydrogen (secondary N) is 2. The largest absolute Gasteiger partial charge is 0.383 e. The molecule has 0 saturated heterocycles. The van der Waals surface area contributed by atoms with Crippen LogP contribution in [-0.4, -0.2) is 35.4 Å². The number of hydrogen-bond donors (Lipinski definition) is 2. The summed E-state index contributed by atoms with van der Waals surface area (Å²) in [6, 6.07) is 5.16. The summed E-state index contributed by atoms with van der Waals surface area (Å²) < 4.78 is 18.8. The zero-order valence-corrected chi connectivity index (χ0v) is 11.3. The Hall–Kier alpha value is -1.44. The van der Waals surface area contributed by atoms with Gasteiger partial charge in [-0.2, -0.15) is 5.10 Å². The lowest BCUT2D eigenvalue weighted by molar-refractivity contribution is 0.199. The number of methoxy groups -OCH3 is 1. The number of halogens is 1. The molecule has 1 aromatic heterocycles. The lowest BCUT2D eigenvalue weighted by Gasteiger charge is -2.06. The van der Waals surface area contributed by atoms with Crippen LogP contribution in [0.4, 0.5) is 4.39 Å². The summed E-state index contributed by atoms with van der Waals surface area (Å²) in [5.41, 5.74) is 0.899. The van der Waals surface area contributed by atoms with Crippen molar-refractivity contribution in [1.29, 1.82) is 0 Å². The number of H-pyrrole nitrogens is 1. The lowest BCUT2D eigenvalue weighted by atomic mass is 10.2. The number of hydrogen-bond acceptors (Lipinski definition) is 5. The first kappa shape index (κ1) is 14.0. The summed E-state index contributed by atoms with van der Waals surface area (Å²) in [6.45, 7) is 2.00. The first-order valence-corrected chi connectivity index (χ1v) is 6.62. The molecule has 0 aliphatic carbocycles. The van der Waals surface area contributed by atoms with Gasteiger partial charge in [0.2, 0.25) is 0 Å². The molecule has 0 unspecified atom stereocenters. The van der Waals surface area contributed by atoms with Crippen LogP contribution in [-0.2, 0) is 11.3 Å². The van der Waals surface area contributed by atoms with E-state index in [1.54, 1.807) is 13.2 Å². The molecule has 0 fully saturated rings. The SMILES string of the molecule is COCCNCc1ccc(Sc2ncn[nH]2)c(F)c1. The number of rotatable bonds is 7. The van der Waals surface area contributed by atoms with Gasteiger partial charge in [0.25, 0.3) is 0 Å². The third-order valence-corrected chi connectivity index (χ3v) is 3.35. The summed E-state index contributed by atoms with van der Waals surface area (Å²) in [4.78, 5) is 4.47. The Morgan fingerprint density at radius 1 is 1.47 bits per heavy atom. The molecule has 0 aliphatic heterocycles. The van der Waals surface area contributed by atoms with Gasteiger partial charge in [0.05, 0.1) is 11.5 Å². The van der Waals surface area contributed by atoms with Gasteiger partial charge in [0, 0.05) is 20.2 Å². The number of benzene rings is 1. The van der Waals surface area contributed by atoms with Crippen LogP contribution in [0.15, 0.2) is 34.6 Å². The third kappa shape index (κ3) is 4.30. The fourth-order valence-electron chi connectivity index (χ4n) is 1.49.